The summed E-state index contributed by atoms with van der Waals surface area (Å²) in [5, 5.41) is 3.26. The van der Waals surface area contributed by atoms with E-state index in [1.54, 1.807) is 0 Å². The van der Waals surface area contributed by atoms with Crippen LogP contribution in [0.1, 0.15) is 20.3 Å². The van der Waals surface area contributed by atoms with Gasteiger partial charge in [-0.1, -0.05) is 13.8 Å². The third kappa shape index (κ3) is 1.84. The molecule has 2 bridgehead atoms. The number of carbonyl (C=O) groups excluding carboxylic acids is 1. The molecule has 0 aromatic heterocycles. The molecule has 0 aromatic carbocycles. The number of nitrogens with zero attached hydrogens (tertiary/aromatic N) is 1. The second kappa shape index (κ2) is 4.58. The third-order valence-corrected chi connectivity index (χ3v) is 2.55. The molecule has 2 atom stereocenters. The van der Waals surface area contributed by atoms with Crippen molar-refractivity contribution in [2.75, 3.05) is 19.6 Å². The molecule has 1 amide bonds. The van der Waals surface area contributed by atoms with Crippen molar-refractivity contribution in [3.05, 3.63) is 0 Å². The molecule has 3 saturated heterocycles. The van der Waals surface area contributed by atoms with Crippen LogP contribution in [0.25, 0.3) is 0 Å². The average Bonchev–Trinajstić information content (AvgIpc) is 2.21. The van der Waals surface area contributed by atoms with Gasteiger partial charge in [0.05, 0.1) is 6.54 Å². The molecule has 0 aromatic rings. The summed E-state index contributed by atoms with van der Waals surface area (Å²) in [5.74, 6) is 0.104. The second-order valence-corrected chi connectivity index (χ2v) is 3.21. The number of amides is 1. The normalized spacial score (nSPS) is 29.9. The van der Waals surface area contributed by atoms with Crippen molar-refractivity contribution in [2.45, 2.75) is 32.4 Å². The minimum atomic E-state index is 0.104. The van der Waals surface area contributed by atoms with E-state index in [0.717, 1.165) is 13.1 Å². The first kappa shape index (κ1) is 10.5. The molecule has 0 saturated carbocycles. The molecule has 3 rings (SSSR count). The Morgan fingerprint density at radius 1 is 1.46 bits per heavy atom. The van der Waals surface area contributed by atoms with Gasteiger partial charge in [0.15, 0.2) is 0 Å². The van der Waals surface area contributed by atoms with Crippen LogP contribution in [0.5, 0.6) is 0 Å². The zero-order valence-corrected chi connectivity index (χ0v) is 8.42. The van der Waals surface area contributed by atoms with E-state index in [-0.39, 0.29) is 12.5 Å². The summed E-state index contributed by atoms with van der Waals surface area (Å²) < 4.78 is 0. The van der Waals surface area contributed by atoms with Crippen molar-refractivity contribution in [1.29, 1.82) is 0 Å². The molecule has 3 fully saturated rings. The van der Waals surface area contributed by atoms with Gasteiger partial charge in [0.2, 0.25) is 5.91 Å². The fraction of sp³-hybridized carbons (Fsp3) is 0.889. The molecular weight excluding hydrogens is 166 g/mol. The Bertz CT molecular complexity index is 170. The number of rotatable bonds is 1. The lowest BCUT2D eigenvalue weighted by molar-refractivity contribution is -0.145. The Morgan fingerprint density at radius 3 is 2.38 bits per heavy atom. The fourth-order valence-electron chi connectivity index (χ4n) is 1.99. The number of hydrogen-bond donors (Lipinski definition) is 2. The van der Waals surface area contributed by atoms with E-state index >= 15 is 0 Å². The molecule has 0 spiro atoms. The van der Waals surface area contributed by atoms with Gasteiger partial charge in [0.25, 0.3) is 0 Å². The van der Waals surface area contributed by atoms with Gasteiger partial charge in [0.1, 0.15) is 0 Å². The summed E-state index contributed by atoms with van der Waals surface area (Å²) in [6.45, 7) is 6.05. The monoisotopic (exact) mass is 185 g/mol. The van der Waals surface area contributed by atoms with Crippen LogP contribution in [-0.2, 0) is 4.79 Å². The number of hydrogen-bond acceptors (Lipinski definition) is 3. The molecule has 76 valence electrons. The van der Waals surface area contributed by atoms with E-state index in [0.29, 0.717) is 12.1 Å². The molecule has 3 heterocycles. The zero-order chi connectivity index (χ0) is 9.84. The standard InChI is InChI=1S/C7H13N3O.C2H6/c8-2-7(11)10-5-1-6(10)4-9-3-5;1-2/h5-6,9H,1-4,8H2;1-2H3. The lowest BCUT2D eigenvalue weighted by atomic mass is 9.89. The van der Waals surface area contributed by atoms with Gasteiger partial charge in [-0.3, -0.25) is 4.79 Å². The smallest absolute Gasteiger partial charge is 0.236 e. The highest BCUT2D eigenvalue weighted by molar-refractivity contribution is 5.79. The number of piperidine rings is 1. The number of fused-ring (bicyclic) bond motifs is 2. The summed E-state index contributed by atoms with van der Waals surface area (Å²) in [5.41, 5.74) is 5.27. The van der Waals surface area contributed by atoms with Crippen molar-refractivity contribution < 1.29 is 4.79 Å². The van der Waals surface area contributed by atoms with Crippen LogP contribution in [0, 0.1) is 0 Å². The van der Waals surface area contributed by atoms with Gasteiger partial charge in [0, 0.05) is 25.2 Å². The molecule has 4 heteroatoms. The fourth-order valence-corrected chi connectivity index (χ4v) is 1.99. The maximum Gasteiger partial charge on any atom is 0.236 e. The van der Waals surface area contributed by atoms with E-state index in [9.17, 15) is 4.79 Å². The average molecular weight is 185 g/mol. The number of piperazine rings is 1. The zero-order valence-electron chi connectivity index (χ0n) is 8.42. The van der Waals surface area contributed by atoms with Crippen LogP contribution in [-0.4, -0.2) is 42.5 Å². The summed E-state index contributed by atoms with van der Waals surface area (Å²) in [4.78, 5) is 13.1. The van der Waals surface area contributed by atoms with Gasteiger partial charge in [-0.15, -0.1) is 0 Å². The van der Waals surface area contributed by atoms with Crippen LogP contribution in [0.4, 0.5) is 0 Å². The van der Waals surface area contributed by atoms with Crippen molar-refractivity contribution in [3.63, 3.8) is 0 Å². The van der Waals surface area contributed by atoms with E-state index in [4.69, 9.17) is 5.73 Å². The first-order chi connectivity index (χ1) is 6.33. The first-order valence-corrected chi connectivity index (χ1v) is 5.05. The Kier molecular flexibility index (Phi) is 3.69. The van der Waals surface area contributed by atoms with Crippen LogP contribution in [0.3, 0.4) is 0 Å². The Balaban J connectivity index is 0.000000396. The topological polar surface area (TPSA) is 58.4 Å². The highest BCUT2D eigenvalue weighted by Crippen LogP contribution is 2.27. The van der Waals surface area contributed by atoms with Crippen molar-refractivity contribution in [2.24, 2.45) is 5.73 Å². The lowest BCUT2D eigenvalue weighted by Crippen LogP contribution is -2.70. The highest BCUT2D eigenvalue weighted by atomic mass is 16.2. The van der Waals surface area contributed by atoms with Gasteiger partial charge < -0.3 is 16.0 Å². The Labute approximate surface area is 79.5 Å². The maximum atomic E-state index is 11.2. The SMILES string of the molecule is CC.NCC(=O)N1C2CNCC1C2. The van der Waals surface area contributed by atoms with Gasteiger partial charge >= 0.3 is 0 Å². The first-order valence-electron chi connectivity index (χ1n) is 5.05. The summed E-state index contributed by atoms with van der Waals surface area (Å²) in [7, 11) is 0. The van der Waals surface area contributed by atoms with Crippen molar-refractivity contribution in [3.8, 4) is 0 Å². The highest BCUT2D eigenvalue weighted by Gasteiger charge is 2.43. The van der Waals surface area contributed by atoms with E-state index < -0.39 is 0 Å². The Morgan fingerprint density at radius 2 is 2.00 bits per heavy atom. The van der Waals surface area contributed by atoms with Gasteiger partial charge in [-0.25, -0.2) is 0 Å². The molecule has 3 N–H and O–H groups in total. The summed E-state index contributed by atoms with van der Waals surface area (Å²) >= 11 is 0. The lowest BCUT2D eigenvalue weighted by Gasteiger charge is -2.53. The van der Waals surface area contributed by atoms with Crippen LogP contribution >= 0.6 is 0 Å². The molecule has 13 heavy (non-hydrogen) atoms. The summed E-state index contributed by atoms with van der Waals surface area (Å²) in [6.07, 6.45) is 1.17. The molecular formula is C9H19N3O. The van der Waals surface area contributed by atoms with Crippen LogP contribution in [0.15, 0.2) is 0 Å². The minimum absolute atomic E-state index is 0.104. The van der Waals surface area contributed by atoms with Crippen molar-refractivity contribution >= 4 is 5.91 Å². The number of carbonyl (C=O) groups is 1. The Hall–Kier alpha value is -0.610. The number of nitrogens with one attached hydrogen (secondary N) is 1. The minimum Gasteiger partial charge on any atom is -0.333 e. The van der Waals surface area contributed by atoms with Crippen LogP contribution < -0.4 is 11.1 Å². The maximum absolute atomic E-state index is 11.2. The molecule has 2 unspecified atom stereocenters. The van der Waals surface area contributed by atoms with Gasteiger partial charge in [-0.05, 0) is 6.42 Å². The molecule has 4 nitrogen and oxygen atoms in total. The van der Waals surface area contributed by atoms with E-state index in [1.165, 1.54) is 6.42 Å². The molecule has 0 aliphatic carbocycles. The van der Waals surface area contributed by atoms with E-state index in [2.05, 4.69) is 5.32 Å². The second-order valence-electron chi connectivity index (χ2n) is 3.21. The van der Waals surface area contributed by atoms with Crippen LogP contribution in [0.2, 0.25) is 0 Å². The molecule has 0 radical (unpaired) electrons. The molecule has 3 aliphatic rings. The van der Waals surface area contributed by atoms with Crippen molar-refractivity contribution in [1.82, 2.24) is 10.2 Å². The quantitative estimate of drug-likeness (QED) is 0.581. The van der Waals surface area contributed by atoms with Gasteiger partial charge in [-0.2, -0.15) is 0 Å². The predicted molar refractivity (Wildman–Crippen MR) is 52.3 cm³/mol. The van der Waals surface area contributed by atoms with E-state index in [1.807, 2.05) is 18.7 Å². The molecule has 3 aliphatic heterocycles. The third-order valence-electron chi connectivity index (χ3n) is 2.55. The predicted octanol–water partition coefficient (Wildman–Crippen LogP) is -0.456. The largest absolute Gasteiger partial charge is 0.333 e. The number of nitrogens with two attached hydrogens (primary N) is 1. The summed E-state index contributed by atoms with van der Waals surface area (Å²) in [6, 6.07) is 0.870.